The zero-order valence-electron chi connectivity index (χ0n) is 22.6. The molecule has 5 aromatic rings. The third-order valence-electron chi connectivity index (χ3n) is 6.41. The molecule has 6 rings (SSSR count). The normalized spacial score (nSPS) is 14.9. The summed E-state index contributed by atoms with van der Waals surface area (Å²) in [5.74, 6) is -0.00313. The summed E-state index contributed by atoms with van der Waals surface area (Å²) in [6.07, 6.45) is 7.03. The van der Waals surface area contributed by atoms with Crippen molar-refractivity contribution in [2.75, 3.05) is 12.9 Å². The Balaban J connectivity index is 1.52. The second kappa shape index (κ2) is 12.4. The number of fused-ring (bicyclic) bond motifs is 1. The molecule has 1 atom stereocenters. The van der Waals surface area contributed by atoms with E-state index in [1.165, 1.54) is 23.1 Å². The van der Waals surface area contributed by atoms with Crippen LogP contribution in [-0.4, -0.2) is 33.4 Å². The van der Waals surface area contributed by atoms with Gasteiger partial charge in [-0.05, 0) is 60.8 Å². The van der Waals surface area contributed by atoms with Crippen LogP contribution in [-0.2, 0) is 9.53 Å². The molecule has 0 saturated heterocycles. The molecule has 0 bridgehead atoms. The quantitative estimate of drug-likeness (QED) is 0.134. The minimum absolute atomic E-state index is 0.194. The fourth-order valence-electron chi connectivity index (χ4n) is 4.57. The topological polar surface area (TPSA) is 99.6 Å². The largest absolute Gasteiger partial charge is 0.463 e. The molecule has 8 nitrogen and oxygen atoms in total. The first-order valence-corrected chi connectivity index (χ1v) is 15.9. The van der Waals surface area contributed by atoms with Gasteiger partial charge in [-0.1, -0.05) is 53.8 Å². The highest BCUT2D eigenvalue weighted by molar-refractivity contribution is 7.99. The van der Waals surface area contributed by atoms with Crippen molar-refractivity contribution in [1.29, 1.82) is 0 Å². The van der Waals surface area contributed by atoms with Gasteiger partial charge in [0.15, 0.2) is 15.1 Å². The van der Waals surface area contributed by atoms with Gasteiger partial charge in [-0.2, -0.15) is 0 Å². The van der Waals surface area contributed by atoms with Crippen LogP contribution in [0.4, 0.5) is 0 Å². The van der Waals surface area contributed by atoms with Gasteiger partial charge in [0.25, 0.3) is 5.56 Å². The molecule has 1 aliphatic rings. The highest BCUT2D eigenvalue weighted by Gasteiger charge is 2.35. The molecule has 42 heavy (non-hydrogen) atoms. The maximum Gasteiger partial charge on any atom is 0.338 e. The van der Waals surface area contributed by atoms with Crippen LogP contribution in [0.25, 0.3) is 11.8 Å². The maximum atomic E-state index is 14.0. The van der Waals surface area contributed by atoms with E-state index in [9.17, 15) is 9.59 Å². The summed E-state index contributed by atoms with van der Waals surface area (Å²) in [6, 6.07) is 22.0. The van der Waals surface area contributed by atoms with Gasteiger partial charge in [-0.15, -0.1) is 11.8 Å². The fraction of sp³-hybridized carbons (Fsp3) is 0.129. The van der Waals surface area contributed by atoms with Crippen molar-refractivity contribution < 1.29 is 13.9 Å². The number of aromatic nitrogens is 3. The van der Waals surface area contributed by atoms with Gasteiger partial charge >= 0.3 is 5.97 Å². The first-order valence-electron chi connectivity index (χ1n) is 13.0. The average molecular weight is 613 g/mol. The Morgan fingerprint density at radius 3 is 2.52 bits per heavy atom. The first-order chi connectivity index (χ1) is 20.6. The van der Waals surface area contributed by atoms with E-state index in [0.29, 0.717) is 36.6 Å². The molecule has 210 valence electrons. The molecule has 0 fully saturated rings. The van der Waals surface area contributed by atoms with E-state index in [-0.39, 0.29) is 12.2 Å². The molecule has 0 unspecified atom stereocenters. The van der Waals surface area contributed by atoms with Crippen molar-refractivity contribution >= 4 is 52.6 Å². The summed E-state index contributed by atoms with van der Waals surface area (Å²) in [7, 11) is 0. The number of ether oxygens (including phenoxy) is 1. The molecule has 1 aliphatic heterocycles. The molecule has 0 amide bonds. The van der Waals surface area contributed by atoms with Gasteiger partial charge in [0, 0.05) is 28.9 Å². The number of nitrogens with zero attached hydrogens (tertiary/aromatic N) is 4. The fourth-order valence-corrected chi connectivity index (χ4v) is 6.64. The Morgan fingerprint density at radius 2 is 1.81 bits per heavy atom. The molecule has 0 radical (unpaired) electrons. The van der Waals surface area contributed by atoms with E-state index >= 15 is 0 Å². The summed E-state index contributed by atoms with van der Waals surface area (Å²) in [6.45, 7) is 1.96. The molecule has 0 spiro atoms. The number of benzene rings is 2. The second-order valence-corrected chi connectivity index (χ2v) is 11.9. The van der Waals surface area contributed by atoms with Gasteiger partial charge in [-0.3, -0.25) is 9.36 Å². The second-order valence-electron chi connectivity index (χ2n) is 8.99. The molecule has 2 aromatic carbocycles. The molecule has 0 saturated carbocycles. The Kier molecular flexibility index (Phi) is 8.22. The Labute approximate surface area is 253 Å². The molecular weight excluding hydrogens is 589 g/mol. The monoisotopic (exact) mass is 612 g/mol. The van der Waals surface area contributed by atoms with Crippen molar-refractivity contribution in [2.24, 2.45) is 4.99 Å². The minimum atomic E-state index is -0.730. The van der Waals surface area contributed by atoms with E-state index in [4.69, 9.17) is 14.1 Å². The van der Waals surface area contributed by atoms with Gasteiger partial charge in [-0.25, -0.2) is 19.8 Å². The van der Waals surface area contributed by atoms with Crippen LogP contribution in [0.1, 0.15) is 29.9 Å². The third-order valence-corrected chi connectivity index (χ3v) is 8.96. The van der Waals surface area contributed by atoms with Crippen molar-refractivity contribution in [2.45, 2.75) is 28.1 Å². The summed E-state index contributed by atoms with van der Waals surface area (Å²) < 4.78 is 13.5. The number of thioether (sulfide) groups is 1. The van der Waals surface area contributed by atoms with Gasteiger partial charge in [0.2, 0.25) is 0 Å². The summed E-state index contributed by atoms with van der Waals surface area (Å²) >= 11 is 4.16. The molecule has 11 heteroatoms. The lowest BCUT2D eigenvalue weighted by molar-refractivity contribution is -0.138. The van der Waals surface area contributed by atoms with Crippen LogP contribution in [0.15, 0.2) is 120 Å². The summed E-state index contributed by atoms with van der Waals surface area (Å²) in [5.41, 5.74) is 2.08. The van der Waals surface area contributed by atoms with Crippen LogP contribution in [0, 0.1) is 0 Å². The number of rotatable bonds is 8. The van der Waals surface area contributed by atoms with Crippen molar-refractivity contribution in [1.82, 2.24) is 14.5 Å². The zero-order chi connectivity index (χ0) is 29.1. The van der Waals surface area contributed by atoms with E-state index < -0.39 is 12.0 Å². The minimum Gasteiger partial charge on any atom is -0.463 e. The summed E-state index contributed by atoms with van der Waals surface area (Å²) in [4.78, 5) is 42.5. The standard InChI is InChI=1S/C31H24N4O4S3/c1-3-38-29(37)25-26(19-8-5-4-6-9-19)34-31-35(27(25)20-10-13-22(40-2)14-11-20)28(36)23(41-31)18-21-12-15-24(39-21)42-30-32-16-7-17-33-30/h4-18,27H,3H2,1-2H3/b23-18+/t27-/m0/s1. The maximum absolute atomic E-state index is 14.0. The molecule has 0 N–H and O–H groups in total. The van der Waals surface area contributed by atoms with E-state index in [1.54, 1.807) is 53.9 Å². The van der Waals surface area contributed by atoms with E-state index in [0.717, 1.165) is 16.0 Å². The van der Waals surface area contributed by atoms with Crippen LogP contribution >= 0.6 is 34.9 Å². The lowest BCUT2D eigenvalue weighted by Crippen LogP contribution is -2.40. The Hall–Kier alpha value is -4.19. The zero-order valence-corrected chi connectivity index (χ0v) is 25.0. The van der Waals surface area contributed by atoms with Crippen molar-refractivity contribution in [3.63, 3.8) is 0 Å². The third kappa shape index (κ3) is 5.63. The number of thiazole rings is 1. The lowest BCUT2D eigenvalue weighted by Gasteiger charge is -2.26. The van der Waals surface area contributed by atoms with Crippen LogP contribution in [0.3, 0.4) is 0 Å². The molecule has 4 heterocycles. The Morgan fingerprint density at radius 1 is 1.05 bits per heavy atom. The smallest absolute Gasteiger partial charge is 0.338 e. The highest BCUT2D eigenvalue weighted by atomic mass is 32.2. The molecule has 3 aromatic heterocycles. The van der Waals surface area contributed by atoms with Gasteiger partial charge in [0.05, 0.1) is 28.5 Å². The molecular formula is C31H24N4O4S3. The predicted molar refractivity (Wildman–Crippen MR) is 164 cm³/mol. The number of hydrogen-bond acceptors (Lipinski definition) is 10. The summed E-state index contributed by atoms with van der Waals surface area (Å²) in [5, 5.41) is 1.16. The van der Waals surface area contributed by atoms with E-state index in [1.807, 2.05) is 66.9 Å². The Bertz CT molecular complexity index is 1950. The van der Waals surface area contributed by atoms with Gasteiger partial charge < -0.3 is 9.15 Å². The lowest BCUT2D eigenvalue weighted by atomic mass is 9.93. The van der Waals surface area contributed by atoms with Crippen LogP contribution in [0.5, 0.6) is 0 Å². The first kappa shape index (κ1) is 28.0. The number of furan rings is 1. The highest BCUT2D eigenvalue weighted by Crippen LogP contribution is 2.35. The van der Waals surface area contributed by atoms with Crippen molar-refractivity contribution in [3.05, 3.63) is 127 Å². The predicted octanol–water partition coefficient (Wildman–Crippen LogP) is 5.19. The SMILES string of the molecule is CCOC(=O)C1=C(c2ccccc2)N=c2s/c(=C/c3ccc(Sc4ncccn4)o3)c(=O)n2[C@H]1c1ccc(SC)cc1. The number of carbonyl (C=O) groups is 1. The van der Waals surface area contributed by atoms with E-state index in [2.05, 4.69) is 9.97 Å². The molecule has 0 aliphatic carbocycles. The average Bonchev–Trinajstić information content (AvgIpc) is 3.60. The van der Waals surface area contributed by atoms with Gasteiger partial charge in [0.1, 0.15) is 5.76 Å². The number of carbonyl (C=O) groups excluding carboxylic acids is 1. The number of esters is 1. The van der Waals surface area contributed by atoms with Crippen LogP contribution < -0.4 is 14.9 Å². The van der Waals surface area contributed by atoms with Crippen molar-refractivity contribution in [3.8, 4) is 0 Å². The number of hydrogen-bond donors (Lipinski definition) is 0. The van der Waals surface area contributed by atoms with Crippen LogP contribution in [0.2, 0.25) is 0 Å².